The molecule has 0 amide bonds. The number of H-pyrrole nitrogens is 1. The van der Waals surface area contributed by atoms with E-state index in [4.69, 9.17) is 0 Å². The first-order chi connectivity index (χ1) is 13.4. The van der Waals surface area contributed by atoms with E-state index in [0.717, 1.165) is 27.8 Å². The van der Waals surface area contributed by atoms with Gasteiger partial charge >= 0.3 is 5.97 Å². The first kappa shape index (κ1) is 18.6. The number of benzene rings is 2. The van der Waals surface area contributed by atoms with E-state index in [2.05, 4.69) is 10.3 Å². The highest BCUT2D eigenvalue weighted by molar-refractivity contribution is 7.91. The summed E-state index contributed by atoms with van der Waals surface area (Å²) in [5.74, 6) is -0.515. The topological polar surface area (TPSA) is 99.3 Å². The first-order valence-electron chi connectivity index (χ1n) is 9.29. The van der Waals surface area contributed by atoms with Crippen LogP contribution in [0.1, 0.15) is 18.4 Å². The van der Waals surface area contributed by atoms with Gasteiger partial charge in [-0.25, -0.2) is 8.42 Å². The molecule has 2 heterocycles. The van der Waals surface area contributed by atoms with E-state index in [1.807, 2.05) is 48.5 Å². The van der Waals surface area contributed by atoms with Crippen LogP contribution in [0.15, 0.2) is 48.5 Å². The Morgan fingerprint density at radius 3 is 2.50 bits per heavy atom. The molecule has 28 heavy (non-hydrogen) atoms. The highest BCUT2D eigenvalue weighted by Gasteiger charge is 2.24. The monoisotopic (exact) mass is 398 g/mol. The molecule has 0 atom stereocenters. The minimum Gasteiger partial charge on any atom is -0.481 e. The number of sulfone groups is 1. The van der Waals surface area contributed by atoms with Gasteiger partial charge in [-0.1, -0.05) is 30.3 Å². The maximum atomic E-state index is 11.7. The largest absolute Gasteiger partial charge is 0.481 e. The smallest absolute Gasteiger partial charge is 0.307 e. The summed E-state index contributed by atoms with van der Waals surface area (Å²) >= 11 is 0. The molecule has 1 saturated heterocycles. The molecule has 0 bridgehead atoms. The van der Waals surface area contributed by atoms with Crippen LogP contribution in [-0.2, 0) is 21.1 Å². The Labute approximate surface area is 163 Å². The van der Waals surface area contributed by atoms with Crippen molar-refractivity contribution < 1.29 is 18.3 Å². The molecule has 0 unspecified atom stereocenters. The van der Waals surface area contributed by atoms with Gasteiger partial charge in [0, 0.05) is 17.1 Å². The van der Waals surface area contributed by atoms with Crippen molar-refractivity contribution in [1.29, 1.82) is 0 Å². The number of aromatic amines is 1. The van der Waals surface area contributed by atoms with E-state index in [1.54, 1.807) is 0 Å². The second kappa shape index (κ2) is 7.31. The zero-order chi connectivity index (χ0) is 19.7. The Hall–Kier alpha value is -2.80. The third kappa shape index (κ3) is 4.04. The molecular weight excluding hydrogens is 376 g/mol. The van der Waals surface area contributed by atoms with E-state index in [0.29, 0.717) is 18.4 Å². The molecular formula is C21H22N2O4S. The van der Waals surface area contributed by atoms with Gasteiger partial charge in [-0.05, 0) is 42.2 Å². The maximum absolute atomic E-state index is 11.7. The van der Waals surface area contributed by atoms with Gasteiger partial charge in [-0.2, -0.15) is 0 Å². The van der Waals surface area contributed by atoms with Gasteiger partial charge in [0.1, 0.15) is 9.84 Å². The number of nitrogens with one attached hydrogen (secondary N) is 2. The molecule has 7 heteroatoms. The lowest BCUT2D eigenvalue weighted by Crippen LogP contribution is -2.32. The molecule has 6 nitrogen and oxygen atoms in total. The van der Waals surface area contributed by atoms with Crippen molar-refractivity contribution in [1.82, 2.24) is 4.98 Å². The molecule has 146 valence electrons. The molecule has 0 radical (unpaired) electrons. The van der Waals surface area contributed by atoms with Crippen molar-refractivity contribution in [2.75, 3.05) is 16.8 Å². The predicted molar refractivity (Wildman–Crippen MR) is 110 cm³/mol. The van der Waals surface area contributed by atoms with Gasteiger partial charge in [-0.15, -0.1) is 0 Å². The molecule has 0 spiro atoms. The first-order valence-corrected chi connectivity index (χ1v) is 11.1. The number of aliphatic carboxylic acids is 1. The highest BCUT2D eigenvalue weighted by atomic mass is 32.2. The van der Waals surface area contributed by atoms with Crippen LogP contribution in [0.3, 0.4) is 0 Å². The zero-order valence-electron chi connectivity index (χ0n) is 15.3. The Balaban J connectivity index is 1.72. The summed E-state index contributed by atoms with van der Waals surface area (Å²) in [6.07, 6.45) is 1.05. The van der Waals surface area contributed by atoms with Crippen molar-refractivity contribution in [3.63, 3.8) is 0 Å². The number of carbonyl (C=O) groups is 1. The van der Waals surface area contributed by atoms with Crippen molar-refractivity contribution in [3.8, 4) is 11.3 Å². The van der Waals surface area contributed by atoms with Crippen molar-refractivity contribution in [2.24, 2.45) is 0 Å². The highest BCUT2D eigenvalue weighted by Crippen LogP contribution is 2.32. The van der Waals surface area contributed by atoms with E-state index in [-0.39, 0.29) is 24.0 Å². The number of hydrogen-bond acceptors (Lipinski definition) is 4. The fourth-order valence-electron chi connectivity index (χ4n) is 3.72. The third-order valence-electron chi connectivity index (χ3n) is 5.14. The maximum Gasteiger partial charge on any atom is 0.307 e. The molecule has 3 aromatic rings. The SMILES string of the molecule is O=C(O)Cc1cc(NC2CCS(=O)(=O)CC2)c2[nH]c(-c3ccccc3)cc2c1. The lowest BCUT2D eigenvalue weighted by Gasteiger charge is -2.24. The van der Waals surface area contributed by atoms with Gasteiger partial charge in [0.25, 0.3) is 0 Å². The van der Waals surface area contributed by atoms with Gasteiger partial charge in [-0.3, -0.25) is 4.79 Å². The van der Waals surface area contributed by atoms with Crippen LogP contribution in [0, 0.1) is 0 Å². The summed E-state index contributed by atoms with van der Waals surface area (Å²) in [4.78, 5) is 14.6. The number of rotatable bonds is 5. The molecule has 1 aliphatic heterocycles. The van der Waals surface area contributed by atoms with Crippen LogP contribution in [0.4, 0.5) is 5.69 Å². The lowest BCUT2D eigenvalue weighted by atomic mass is 10.1. The van der Waals surface area contributed by atoms with Gasteiger partial charge < -0.3 is 15.4 Å². The molecule has 0 aliphatic carbocycles. The van der Waals surface area contributed by atoms with E-state index in [1.165, 1.54) is 0 Å². The van der Waals surface area contributed by atoms with Crippen molar-refractivity contribution >= 4 is 32.4 Å². The zero-order valence-corrected chi connectivity index (χ0v) is 16.1. The summed E-state index contributed by atoms with van der Waals surface area (Å²) in [5, 5.41) is 13.6. The van der Waals surface area contributed by atoms with Crippen LogP contribution in [0.5, 0.6) is 0 Å². The van der Waals surface area contributed by atoms with Gasteiger partial charge in [0.05, 0.1) is 29.1 Å². The fourth-order valence-corrected chi connectivity index (χ4v) is 5.22. The Bertz CT molecular complexity index is 1110. The number of fused-ring (bicyclic) bond motifs is 1. The minimum atomic E-state index is -2.93. The molecule has 1 aromatic heterocycles. The molecule has 4 rings (SSSR count). The van der Waals surface area contributed by atoms with Crippen LogP contribution in [0.2, 0.25) is 0 Å². The second-order valence-electron chi connectivity index (χ2n) is 7.30. The number of hydrogen-bond donors (Lipinski definition) is 3. The molecule has 2 aromatic carbocycles. The molecule has 3 N–H and O–H groups in total. The minimum absolute atomic E-state index is 0.0512. The summed E-state index contributed by atoms with van der Waals surface area (Å²) in [6, 6.07) is 15.7. The van der Waals surface area contributed by atoms with E-state index in [9.17, 15) is 18.3 Å². The summed E-state index contributed by atoms with van der Waals surface area (Å²) in [7, 11) is -2.93. The quantitative estimate of drug-likeness (QED) is 0.611. The van der Waals surface area contributed by atoms with Gasteiger partial charge in [0.2, 0.25) is 0 Å². The summed E-state index contributed by atoms with van der Waals surface area (Å²) < 4.78 is 23.4. The summed E-state index contributed by atoms with van der Waals surface area (Å²) in [6.45, 7) is 0. The Kier molecular flexibility index (Phi) is 4.85. The fraction of sp³-hybridized carbons (Fsp3) is 0.286. The molecule has 1 aliphatic rings. The van der Waals surface area contributed by atoms with Crippen LogP contribution in [0.25, 0.3) is 22.2 Å². The van der Waals surface area contributed by atoms with Crippen LogP contribution < -0.4 is 5.32 Å². The van der Waals surface area contributed by atoms with E-state index < -0.39 is 15.8 Å². The van der Waals surface area contributed by atoms with Crippen molar-refractivity contribution in [3.05, 3.63) is 54.1 Å². The van der Waals surface area contributed by atoms with Crippen LogP contribution in [-0.4, -0.2) is 42.0 Å². The van der Waals surface area contributed by atoms with Gasteiger partial charge in [0.15, 0.2) is 0 Å². The molecule has 1 fully saturated rings. The Morgan fingerprint density at radius 1 is 1.11 bits per heavy atom. The lowest BCUT2D eigenvalue weighted by molar-refractivity contribution is -0.136. The van der Waals surface area contributed by atoms with Crippen LogP contribution >= 0.6 is 0 Å². The average molecular weight is 398 g/mol. The molecule has 0 saturated carbocycles. The van der Waals surface area contributed by atoms with E-state index >= 15 is 0 Å². The number of aromatic nitrogens is 1. The standard InChI is InChI=1S/C21H22N2O4S/c24-20(25)12-14-10-16-13-18(15-4-2-1-3-5-15)23-21(16)19(11-14)22-17-6-8-28(26,27)9-7-17/h1-5,10-11,13,17,22-23H,6-9,12H2,(H,24,25). The predicted octanol–water partition coefficient (Wildman–Crippen LogP) is 3.45. The third-order valence-corrected chi connectivity index (χ3v) is 6.86. The number of carboxylic acids is 1. The second-order valence-corrected chi connectivity index (χ2v) is 9.60. The normalized spacial score (nSPS) is 16.9. The van der Waals surface area contributed by atoms with Crippen molar-refractivity contribution in [2.45, 2.75) is 25.3 Å². The number of anilines is 1. The number of carboxylic acid groups (broad SMARTS) is 1. The summed E-state index contributed by atoms with van der Waals surface area (Å²) in [5.41, 5.74) is 4.44. The average Bonchev–Trinajstić information content (AvgIpc) is 3.08. The Morgan fingerprint density at radius 2 is 1.82 bits per heavy atom.